The lowest BCUT2D eigenvalue weighted by atomic mass is 9.95. The number of nitrogen functional groups attached to an aromatic ring is 1. The SMILES string of the molecule is CC(C)OC(=O)[C@H](C)C[P@@](=O)(Oc1ccccc1)O[C@H](C)[C@H]1O[C@@H](n2ccc3c(=O)[nH]c(N)nc32)C(F)(CF)[C@H]1O. The van der Waals surface area contributed by atoms with Gasteiger partial charge in [-0.25, -0.2) is 13.3 Å². The van der Waals surface area contributed by atoms with E-state index in [1.54, 1.807) is 32.0 Å². The monoisotopic (exact) mass is 598 g/mol. The van der Waals surface area contributed by atoms with E-state index in [0.29, 0.717) is 0 Å². The average Bonchev–Trinajstić information content (AvgIpc) is 3.42. The molecular weight excluding hydrogens is 565 g/mol. The fraction of sp³-hybridized carbons (Fsp3) is 0.500. The molecule has 1 aromatic carbocycles. The second kappa shape index (κ2) is 11.9. The van der Waals surface area contributed by atoms with Crippen LogP contribution in [0.1, 0.15) is 33.9 Å². The topological polar surface area (TPSA) is 168 Å². The summed E-state index contributed by atoms with van der Waals surface area (Å²) in [7, 11) is -4.20. The number of rotatable bonds is 11. The Kier molecular flexibility index (Phi) is 8.88. The number of benzene rings is 1. The molecule has 15 heteroatoms. The number of aliphatic hydroxyl groups excluding tert-OH is 1. The van der Waals surface area contributed by atoms with Crippen molar-refractivity contribution in [2.24, 2.45) is 5.92 Å². The molecule has 0 saturated carbocycles. The Labute approximate surface area is 234 Å². The van der Waals surface area contributed by atoms with E-state index in [4.69, 9.17) is 24.3 Å². The molecule has 0 aliphatic carbocycles. The van der Waals surface area contributed by atoms with E-state index in [-0.39, 0.29) is 22.7 Å². The number of nitrogens with two attached hydrogens (primary N) is 1. The fourth-order valence-corrected chi connectivity index (χ4v) is 6.72. The van der Waals surface area contributed by atoms with Gasteiger partial charge < -0.3 is 29.4 Å². The number of H-pyrrole nitrogens is 1. The highest BCUT2D eigenvalue weighted by Crippen LogP contribution is 2.53. The molecule has 3 heterocycles. The largest absolute Gasteiger partial charge is 0.463 e. The number of aliphatic hydroxyl groups is 1. The molecule has 4 N–H and O–H groups in total. The van der Waals surface area contributed by atoms with Crippen LogP contribution in [0.3, 0.4) is 0 Å². The summed E-state index contributed by atoms with van der Waals surface area (Å²) in [6.07, 6.45) is -6.35. The number of ether oxygens (including phenoxy) is 2. The minimum atomic E-state index is -4.20. The molecule has 0 spiro atoms. The van der Waals surface area contributed by atoms with Crippen molar-refractivity contribution in [1.82, 2.24) is 14.5 Å². The van der Waals surface area contributed by atoms with E-state index in [1.807, 2.05) is 0 Å². The first-order chi connectivity index (χ1) is 19.3. The number of hydrogen-bond donors (Lipinski definition) is 3. The highest BCUT2D eigenvalue weighted by molar-refractivity contribution is 7.54. The predicted octanol–water partition coefficient (Wildman–Crippen LogP) is 3.51. The van der Waals surface area contributed by atoms with Crippen molar-refractivity contribution in [2.75, 3.05) is 18.6 Å². The van der Waals surface area contributed by atoms with Crippen LogP contribution in [0.15, 0.2) is 47.4 Å². The zero-order valence-electron chi connectivity index (χ0n) is 22.9. The van der Waals surface area contributed by atoms with Gasteiger partial charge in [0.15, 0.2) is 11.9 Å². The smallest absolute Gasteiger partial charge is 0.380 e. The van der Waals surface area contributed by atoms with Gasteiger partial charge >= 0.3 is 13.6 Å². The molecule has 7 atom stereocenters. The van der Waals surface area contributed by atoms with Gasteiger partial charge in [0.2, 0.25) is 11.6 Å². The maximum atomic E-state index is 16.1. The molecule has 1 aliphatic rings. The lowest BCUT2D eigenvalue weighted by Crippen LogP contribution is -2.47. The van der Waals surface area contributed by atoms with Crippen LogP contribution in [0.4, 0.5) is 14.7 Å². The Bertz CT molecular complexity index is 1490. The van der Waals surface area contributed by atoms with E-state index in [9.17, 15) is 23.7 Å². The van der Waals surface area contributed by atoms with Crippen LogP contribution in [0, 0.1) is 5.92 Å². The number of para-hydroxylation sites is 1. The van der Waals surface area contributed by atoms with Gasteiger partial charge in [0.05, 0.1) is 29.7 Å². The van der Waals surface area contributed by atoms with E-state index < -0.39 is 74.2 Å². The number of anilines is 1. The van der Waals surface area contributed by atoms with Gasteiger partial charge in [0.1, 0.15) is 24.6 Å². The third kappa shape index (κ3) is 6.30. The average molecular weight is 599 g/mol. The molecule has 1 unspecified atom stereocenters. The summed E-state index contributed by atoms with van der Waals surface area (Å²) in [5.41, 5.74) is 1.93. The molecule has 2 aromatic heterocycles. The Balaban J connectivity index is 1.63. The van der Waals surface area contributed by atoms with Crippen molar-refractivity contribution in [3.8, 4) is 5.75 Å². The normalized spacial score (nSPS) is 25.6. The summed E-state index contributed by atoms with van der Waals surface area (Å²) in [4.78, 5) is 31.0. The number of halogens is 2. The van der Waals surface area contributed by atoms with E-state index in [0.717, 1.165) is 4.57 Å². The summed E-state index contributed by atoms with van der Waals surface area (Å²) in [6, 6.07) is 9.37. The predicted molar refractivity (Wildman–Crippen MR) is 145 cm³/mol. The summed E-state index contributed by atoms with van der Waals surface area (Å²) in [5, 5.41) is 11.0. The number of carbonyl (C=O) groups excluding carboxylic acids is 1. The summed E-state index contributed by atoms with van der Waals surface area (Å²) in [6.45, 7) is 4.50. The van der Waals surface area contributed by atoms with Crippen molar-refractivity contribution >= 4 is 30.5 Å². The number of hydrogen-bond acceptors (Lipinski definition) is 10. The number of aromatic amines is 1. The van der Waals surface area contributed by atoms with Crippen LogP contribution in [0.25, 0.3) is 11.0 Å². The second-order valence-corrected chi connectivity index (χ2v) is 12.2. The maximum Gasteiger partial charge on any atom is 0.380 e. The van der Waals surface area contributed by atoms with Gasteiger partial charge in [0, 0.05) is 6.20 Å². The van der Waals surface area contributed by atoms with Gasteiger partial charge in [-0.1, -0.05) is 25.1 Å². The van der Waals surface area contributed by atoms with E-state index in [2.05, 4.69) is 9.97 Å². The van der Waals surface area contributed by atoms with Crippen LogP contribution in [0.5, 0.6) is 5.75 Å². The van der Waals surface area contributed by atoms with Gasteiger partial charge in [0.25, 0.3) is 5.56 Å². The summed E-state index contributed by atoms with van der Waals surface area (Å²) < 4.78 is 67.9. The summed E-state index contributed by atoms with van der Waals surface area (Å²) >= 11 is 0. The number of alkyl halides is 2. The molecule has 3 aromatic rings. The van der Waals surface area contributed by atoms with Crippen LogP contribution in [-0.2, 0) is 23.4 Å². The molecule has 0 radical (unpaired) electrons. The van der Waals surface area contributed by atoms with Gasteiger partial charge in [-0.15, -0.1) is 0 Å². The van der Waals surface area contributed by atoms with Gasteiger partial charge in [-0.2, -0.15) is 4.98 Å². The van der Waals surface area contributed by atoms with Crippen LogP contribution < -0.4 is 15.8 Å². The van der Waals surface area contributed by atoms with E-state index >= 15 is 4.39 Å². The van der Waals surface area contributed by atoms with Crippen molar-refractivity contribution in [2.45, 2.75) is 64.0 Å². The zero-order valence-corrected chi connectivity index (χ0v) is 23.8. The van der Waals surface area contributed by atoms with Gasteiger partial charge in [-0.3, -0.25) is 19.1 Å². The van der Waals surface area contributed by atoms with Gasteiger partial charge in [-0.05, 0) is 39.0 Å². The number of nitrogens with zero attached hydrogens (tertiary/aromatic N) is 2. The molecule has 4 rings (SSSR count). The first-order valence-corrected chi connectivity index (χ1v) is 14.7. The highest BCUT2D eigenvalue weighted by Gasteiger charge is 2.61. The lowest BCUT2D eigenvalue weighted by molar-refractivity contribution is -0.151. The molecule has 41 heavy (non-hydrogen) atoms. The number of fused-ring (bicyclic) bond motifs is 1. The molecule has 0 amide bonds. The molecule has 12 nitrogen and oxygen atoms in total. The van der Waals surface area contributed by atoms with Crippen LogP contribution in [-0.4, -0.2) is 68.5 Å². The minimum absolute atomic E-state index is 0.0364. The number of nitrogens with one attached hydrogen (secondary N) is 1. The van der Waals surface area contributed by atoms with E-state index in [1.165, 1.54) is 38.2 Å². The molecule has 0 bridgehead atoms. The first kappa shape index (κ1) is 30.6. The third-order valence-electron chi connectivity index (χ3n) is 6.59. The molecule has 1 saturated heterocycles. The molecular formula is C26H33F2N4O8P. The Morgan fingerprint density at radius 1 is 1.27 bits per heavy atom. The lowest BCUT2D eigenvalue weighted by Gasteiger charge is -2.29. The standard InChI is InChI=1S/C26H33F2N4O8P/c1-14(2)37-23(35)15(3)12-41(36,40-17-8-6-5-7-9-17)39-16(4)19-20(33)26(28,13-27)24(38-19)32-11-10-18-21(32)30-25(29)31-22(18)34/h5-11,14-16,19-20,24,33H,12-13H2,1-4H3,(H3,29,30,31,34)/t15-,16-,19-,20+,24-,26?,41+/m1/s1. The number of carbonyl (C=O) groups is 1. The number of aromatic nitrogens is 3. The first-order valence-electron chi connectivity index (χ1n) is 13.0. The molecule has 1 aliphatic heterocycles. The van der Waals surface area contributed by atoms with Crippen LogP contribution in [0.2, 0.25) is 0 Å². The minimum Gasteiger partial charge on any atom is -0.463 e. The molecule has 1 fully saturated rings. The Morgan fingerprint density at radius 2 is 1.95 bits per heavy atom. The number of esters is 1. The zero-order chi connectivity index (χ0) is 30.1. The van der Waals surface area contributed by atoms with Crippen molar-refractivity contribution in [1.29, 1.82) is 0 Å². The maximum absolute atomic E-state index is 16.1. The summed E-state index contributed by atoms with van der Waals surface area (Å²) in [5.74, 6) is -1.64. The molecule has 224 valence electrons. The van der Waals surface area contributed by atoms with Crippen molar-refractivity contribution < 1.29 is 41.8 Å². The van der Waals surface area contributed by atoms with Crippen molar-refractivity contribution in [3.05, 3.63) is 52.9 Å². The Hall–Kier alpha value is -3.32. The highest BCUT2D eigenvalue weighted by atomic mass is 31.2. The van der Waals surface area contributed by atoms with Crippen LogP contribution >= 0.6 is 7.60 Å². The third-order valence-corrected chi connectivity index (χ3v) is 8.72. The second-order valence-electron chi connectivity index (χ2n) is 10.3. The van der Waals surface area contributed by atoms with Crippen molar-refractivity contribution in [3.63, 3.8) is 0 Å². The Morgan fingerprint density at radius 3 is 2.59 bits per heavy atom. The fourth-order valence-electron chi connectivity index (χ4n) is 4.63. The quantitative estimate of drug-likeness (QED) is 0.219.